The number of carbonyl (C=O) groups is 1. The summed E-state index contributed by atoms with van der Waals surface area (Å²) >= 11 is 3.18. The van der Waals surface area contributed by atoms with Gasteiger partial charge in [0.05, 0.1) is 5.56 Å². The molecule has 1 N–H and O–H groups in total. The van der Waals surface area contributed by atoms with E-state index in [2.05, 4.69) is 26.2 Å². The molecular weight excluding hydrogens is 337 g/mol. The lowest BCUT2D eigenvalue weighted by atomic mass is 10.2. The molecule has 0 aliphatic heterocycles. The Morgan fingerprint density at radius 1 is 1.15 bits per heavy atom. The number of nitrogens with one attached hydrogen (secondary N) is 1. The maximum absolute atomic E-state index is 12.4. The standard InChI is InChI=1S/C13H8BrF3N2O/c14-10-2-1-7-18-11(10)12(20)19-9-5-3-8(4-6-9)13(15,16)17/h1-7H,(H,19,20). The van der Waals surface area contributed by atoms with Gasteiger partial charge in [-0.25, -0.2) is 4.98 Å². The Hall–Kier alpha value is -1.89. The third-order valence-corrected chi connectivity index (χ3v) is 3.08. The van der Waals surface area contributed by atoms with Crippen LogP contribution in [0.25, 0.3) is 0 Å². The minimum absolute atomic E-state index is 0.160. The summed E-state index contributed by atoms with van der Waals surface area (Å²) in [5.41, 5.74) is -0.345. The van der Waals surface area contributed by atoms with Crippen molar-refractivity contribution in [3.8, 4) is 0 Å². The molecule has 0 fully saturated rings. The summed E-state index contributed by atoms with van der Waals surface area (Å²) in [4.78, 5) is 15.8. The average Bonchev–Trinajstić information content (AvgIpc) is 2.38. The van der Waals surface area contributed by atoms with E-state index >= 15 is 0 Å². The van der Waals surface area contributed by atoms with Crippen LogP contribution in [0.5, 0.6) is 0 Å². The third kappa shape index (κ3) is 3.36. The molecule has 1 aromatic heterocycles. The first-order valence-corrected chi connectivity index (χ1v) is 6.26. The molecule has 0 bridgehead atoms. The highest BCUT2D eigenvalue weighted by Gasteiger charge is 2.30. The first kappa shape index (κ1) is 14.5. The first-order valence-electron chi connectivity index (χ1n) is 5.47. The van der Waals surface area contributed by atoms with Gasteiger partial charge in [0.1, 0.15) is 5.69 Å². The number of rotatable bonds is 2. The van der Waals surface area contributed by atoms with Crippen molar-refractivity contribution in [2.75, 3.05) is 5.32 Å². The van der Waals surface area contributed by atoms with Crippen molar-refractivity contribution in [3.05, 3.63) is 58.3 Å². The number of aromatic nitrogens is 1. The predicted octanol–water partition coefficient (Wildman–Crippen LogP) is 4.12. The van der Waals surface area contributed by atoms with Crippen LogP contribution in [0.3, 0.4) is 0 Å². The van der Waals surface area contributed by atoms with Gasteiger partial charge >= 0.3 is 6.18 Å². The van der Waals surface area contributed by atoms with Crippen LogP contribution < -0.4 is 5.32 Å². The van der Waals surface area contributed by atoms with E-state index in [1.165, 1.54) is 18.3 Å². The smallest absolute Gasteiger partial charge is 0.321 e. The normalized spacial score (nSPS) is 11.2. The molecule has 1 amide bonds. The van der Waals surface area contributed by atoms with Gasteiger partial charge in [-0.2, -0.15) is 13.2 Å². The minimum atomic E-state index is -4.40. The van der Waals surface area contributed by atoms with E-state index < -0.39 is 17.6 Å². The Bertz CT molecular complexity index is 626. The van der Waals surface area contributed by atoms with Crippen LogP contribution in [-0.2, 0) is 6.18 Å². The number of anilines is 1. The Kier molecular flexibility index (Phi) is 4.08. The fraction of sp³-hybridized carbons (Fsp3) is 0.0769. The zero-order chi connectivity index (χ0) is 14.8. The highest BCUT2D eigenvalue weighted by atomic mass is 79.9. The molecule has 0 spiro atoms. The molecule has 0 atom stereocenters. The van der Waals surface area contributed by atoms with Gasteiger partial charge in [-0.05, 0) is 52.3 Å². The molecule has 3 nitrogen and oxygen atoms in total. The van der Waals surface area contributed by atoms with Crippen molar-refractivity contribution in [2.24, 2.45) is 0 Å². The molecule has 0 aliphatic carbocycles. The van der Waals surface area contributed by atoms with Crippen LogP contribution in [0.4, 0.5) is 18.9 Å². The van der Waals surface area contributed by atoms with Crippen LogP contribution in [0.2, 0.25) is 0 Å². The quantitative estimate of drug-likeness (QED) is 0.890. The van der Waals surface area contributed by atoms with Gasteiger partial charge in [0.15, 0.2) is 0 Å². The monoisotopic (exact) mass is 344 g/mol. The van der Waals surface area contributed by atoms with Gasteiger partial charge in [0.25, 0.3) is 5.91 Å². The number of alkyl halides is 3. The molecule has 2 rings (SSSR count). The molecule has 20 heavy (non-hydrogen) atoms. The van der Waals surface area contributed by atoms with E-state index in [1.54, 1.807) is 12.1 Å². The molecule has 0 radical (unpaired) electrons. The van der Waals surface area contributed by atoms with Crippen molar-refractivity contribution in [1.82, 2.24) is 4.98 Å². The highest BCUT2D eigenvalue weighted by Crippen LogP contribution is 2.29. The summed E-state index contributed by atoms with van der Waals surface area (Å²) in [5, 5.41) is 2.48. The summed E-state index contributed by atoms with van der Waals surface area (Å²) in [6.07, 6.45) is -2.95. The molecule has 0 unspecified atom stereocenters. The second-order valence-electron chi connectivity index (χ2n) is 3.86. The summed E-state index contributed by atoms with van der Waals surface area (Å²) in [6, 6.07) is 7.49. The lowest BCUT2D eigenvalue weighted by Gasteiger charge is -2.09. The number of hydrogen-bond acceptors (Lipinski definition) is 2. The molecule has 7 heteroatoms. The molecule has 1 heterocycles. The predicted molar refractivity (Wildman–Crippen MR) is 71.3 cm³/mol. The molecule has 0 saturated heterocycles. The average molecular weight is 345 g/mol. The maximum atomic E-state index is 12.4. The van der Waals surface area contributed by atoms with Crippen LogP contribution in [0.1, 0.15) is 16.1 Å². The summed E-state index contributed by atoms with van der Waals surface area (Å²) in [6.45, 7) is 0. The summed E-state index contributed by atoms with van der Waals surface area (Å²) in [5.74, 6) is -0.503. The lowest BCUT2D eigenvalue weighted by molar-refractivity contribution is -0.137. The fourth-order valence-electron chi connectivity index (χ4n) is 1.49. The topological polar surface area (TPSA) is 42.0 Å². The minimum Gasteiger partial charge on any atom is -0.321 e. The van der Waals surface area contributed by atoms with Crippen LogP contribution in [0.15, 0.2) is 47.1 Å². The van der Waals surface area contributed by atoms with Crippen molar-refractivity contribution in [3.63, 3.8) is 0 Å². The first-order chi connectivity index (χ1) is 9.38. The number of hydrogen-bond donors (Lipinski definition) is 1. The number of carbonyl (C=O) groups excluding carboxylic acids is 1. The number of halogens is 4. The van der Waals surface area contributed by atoms with Crippen LogP contribution >= 0.6 is 15.9 Å². The van der Waals surface area contributed by atoms with Crippen molar-refractivity contribution in [2.45, 2.75) is 6.18 Å². The largest absolute Gasteiger partial charge is 0.416 e. The lowest BCUT2D eigenvalue weighted by Crippen LogP contribution is -2.14. The van der Waals surface area contributed by atoms with E-state index in [4.69, 9.17) is 0 Å². The van der Waals surface area contributed by atoms with Crippen molar-refractivity contribution in [1.29, 1.82) is 0 Å². The van der Waals surface area contributed by atoms with Gasteiger partial charge in [0.2, 0.25) is 0 Å². The Morgan fingerprint density at radius 3 is 2.35 bits per heavy atom. The number of amides is 1. The second kappa shape index (κ2) is 5.62. The van der Waals surface area contributed by atoms with Gasteiger partial charge in [-0.15, -0.1) is 0 Å². The Morgan fingerprint density at radius 2 is 1.80 bits per heavy atom. The fourth-order valence-corrected chi connectivity index (χ4v) is 1.92. The molecular formula is C13H8BrF3N2O. The SMILES string of the molecule is O=C(Nc1ccc(C(F)(F)F)cc1)c1ncccc1Br. The Balaban J connectivity index is 2.15. The van der Waals surface area contributed by atoms with Gasteiger partial charge in [-0.1, -0.05) is 0 Å². The van der Waals surface area contributed by atoms with Crippen LogP contribution in [-0.4, -0.2) is 10.9 Å². The molecule has 0 aliphatic rings. The molecule has 2 aromatic rings. The van der Waals surface area contributed by atoms with Gasteiger partial charge < -0.3 is 5.32 Å². The summed E-state index contributed by atoms with van der Waals surface area (Å²) < 4.78 is 37.7. The van der Waals surface area contributed by atoms with E-state index in [0.717, 1.165) is 12.1 Å². The zero-order valence-electron chi connectivity index (χ0n) is 9.91. The van der Waals surface area contributed by atoms with E-state index in [0.29, 0.717) is 4.47 Å². The van der Waals surface area contributed by atoms with Gasteiger partial charge in [0, 0.05) is 16.4 Å². The Labute approximate surface area is 121 Å². The maximum Gasteiger partial charge on any atom is 0.416 e. The van der Waals surface area contributed by atoms with E-state index in [-0.39, 0.29) is 11.4 Å². The molecule has 0 saturated carbocycles. The second-order valence-corrected chi connectivity index (χ2v) is 4.72. The molecule has 1 aromatic carbocycles. The van der Waals surface area contributed by atoms with Crippen LogP contribution in [0, 0.1) is 0 Å². The third-order valence-electron chi connectivity index (χ3n) is 2.44. The van der Waals surface area contributed by atoms with Gasteiger partial charge in [-0.3, -0.25) is 4.79 Å². The number of nitrogens with zero attached hydrogens (tertiary/aromatic N) is 1. The zero-order valence-corrected chi connectivity index (χ0v) is 11.5. The number of pyridine rings is 1. The van der Waals surface area contributed by atoms with E-state index in [9.17, 15) is 18.0 Å². The highest BCUT2D eigenvalue weighted by molar-refractivity contribution is 9.10. The van der Waals surface area contributed by atoms with E-state index in [1.807, 2.05) is 0 Å². The van der Waals surface area contributed by atoms with Crippen molar-refractivity contribution >= 4 is 27.5 Å². The molecule has 104 valence electrons. The summed E-state index contributed by atoms with van der Waals surface area (Å²) in [7, 11) is 0. The number of benzene rings is 1. The van der Waals surface area contributed by atoms with Crippen molar-refractivity contribution < 1.29 is 18.0 Å².